The van der Waals surface area contributed by atoms with Crippen LogP contribution in [-0.2, 0) is 22.4 Å². The molecule has 0 amide bonds. The fourth-order valence-electron chi connectivity index (χ4n) is 3.36. The van der Waals surface area contributed by atoms with Gasteiger partial charge in [-0.1, -0.05) is 24.3 Å². The summed E-state index contributed by atoms with van der Waals surface area (Å²) < 4.78 is 22.2. The molecule has 0 atom stereocenters. The number of rotatable bonds is 11. The Labute approximate surface area is 203 Å². The first-order valence-electron chi connectivity index (χ1n) is 10.3. The molecule has 0 unspecified atom stereocenters. The van der Waals surface area contributed by atoms with E-state index >= 15 is 0 Å². The average molecular weight is 485 g/mol. The van der Waals surface area contributed by atoms with Crippen molar-refractivity contribution in [2.75, 3.05) is 28.4 Å². The summed E-state index contributed by atoms with van der Waals surface area (Å²) >= 11 is 0. The fourth-order valence-corrected chi connectivity index (χ4v) is 3.36. The van der Waals surface area contributed by atoms with Crippen LogP contribution in [0.1, 0.15) is 28.7 Å². The highest BCUT2D eigenvalue weighted by atomic mass is 16.5. The van der Waals surface area contributed by atoms with Gasteiger partial charge in [0.2, 0.25) is 11.5 Å². The van der Waals surface area contributed by atoms with Crippen molar-refractivity contribution in [3.63, 3.8) is 0 Å². The minimum atomic E-state index is -0.803. The Morgan fingerprint density at radius 3 is 1.89 bits per heavy atom. The number of carbonyl (C=O) groups excluding carboxylic acids is 1. The SMILES string of the molecule is COc1c(C)c(Cc2cccc(CCC(=O)O)c2)c(OC)c(OC)c1OC.[N-]=[N+]=CC(=O)C=[N+]=[N-]. The first-order chi connectivity index (χ1) is 16.8. The zero-order valence-corrected chi connectivity index (χ0v) is 20.3. The van der Waals surface area contributed by atoms with Crippen molar-refractivity contribution >= 4 is 24.2 Å². The van der Waals surface area contributed by atoms with Gasteiger partial charge in [-0.05, 0) is 24.5 Å². The Morgan fingerprint density at radius 1 is 0.886 bits per heavy atom. The first-order valence-corrected chi connectivity index (χ1v) is 10.3. The van der Waals surface area contributed by atoms with E-state index in [1.54, 1.807) is 28.4 Å². The van der Waals surface area contributed by atoms with Gasteiger partial charge in [0.15, 0.2) is 11.5 Å². The molecule has 2 rings (SSSR count). The van der Waals surface area contributed by atoms with E-state index in [4.69, 9.17) is 35.1 Å². The van der Waals surface area contributed by atoms with Crippen molar-refractivity contribution in [1.29, 1.82) is 0 Å². The summed E-state index contributed by atoms with van der Waals surface area (Å²) in [6.07, 6.45) is 2.41. The van der Waals surface area contributed by atoms with Crippen molar-refractivity contribution in [3.05, 3.63) is 57.6 Å². The molecular weight excluding hydrogens is 456 g/mol. The summed E-state index contributed by atoms with van der Waals surface area (Å²) in [4.78, 5) is 25.6. The molecule has 0 saturated heterocycles. The average Bonchev–Trinajstić information content (AvgIpc) is 2.84. The molecule has 0 heterocycles. The van der Waals surface area contributed by atoms with E-state index < -0.39 is 11.8 Å². The van der Waals surface area contributed by atoms with Gasteiger partial charge in [-0.2, -0.15) is 9.58 Å². The number of carbonyl (C=O) groups is 2. The van der Waals surface area contributed by atoms with E-state index in [2.05, 4.69) is 9.58 Å². The molecule has 0 spiro atoms. The van der Waals surface area contributed by atoms with Gasteiger partial charge in [0, 0.05) is 24.0 Å². The largest absolute Gasteiger partial charge is 0.492 e. The monoisotopic (exact) mass is 484 g/mol. The van der Waals surface area contributed by atoms with E-state index in [1.807, 2.05) is 31.2 Å². The molecule has 11 nitrogen and oxygen atoms in total. The second kappa shape index (κ2) is 14.6. The van der Waals surface area contributed by atoms with Crippen LogP contribution in [0.25, 0.3) is 11.1 Å². The number of aliphatic carboxylic acids is 1. The van der Waals surface area contributed by atoms with E-state index in [9.17, 15) is 9.59 Å². The van der Waals surface area contributed by atoms with Gasteiger partial charge >= 0.3 is 24.2 Å². The number of hydrogen-bond acceptors (Lipinski definition) is 6. The van der Waals surface area contributed by atoms with Crippen LogP contribution in [0.15, 0.2) is 24.3 Å². The molecule has 11 heteroatoms. The summed E-state index contributed by atoms with van der Waals surface area (Å²) in [5, 5.41) is 8.89. The summed E-state index contributed by atoms with van der Waals surface area (Å²) in [6.45, 7) is 1.95. The lowest BCUT2D eigenvalue weighted by atomic mass is 9.95. The summed E-state index contributed by atoms with van der Waals surface area (Å²) in [5.41, 5.74) is 19.2. The normalized spacial score (nSPS) is 9.40. The van der Waals surface area contributed by atoms with E-state index in [-0.39, 0.29) is 6.42 Å². The Bertz CT molecular complexity index is 1130. The number of hydrogen-bond donors (Lipinski definition) is 1. The first kappa shape index (κ1) is 28.6. The van der Waals surface area contributed by atoms with Gasteiger partial charge < -0.3 is 35.1 Å². The lowest BCUT2D eigenvalue weighted by molar-refractivity contribution is -0.137. The van der Waals surface area contributed by atoms with E-state index in [0.717, 1.165) is 22.3 Å². The molecule has 0 aliphatic rings. The topological polar surface area (TPSA) is 164 Å². The Hall–Kier alpha value is -4.46. The molecule has 0 aromatic heterocycles. The predicted molar refractivity (Wildman–Crippen MR) is 127 cm³/mol. The lowest BCUT2D eigenvalue weighted by Crippen LogP contribution is -2.05. The van der Waals surface area contributed by atoms with Crippen molar-refractivity contribution in [3.8, 4) is 23.0 Å². The molecule has 0 aliphatic heterocycles. The van der Waals surface area contributed by atoms with Gasteiger partial charge in [0.1, 0.15) is 0 Å². The maximum atomic E-state index is 10.8. The fraction of sp³-hybridized carbons (Fsp3) is 0.333. The van der Waals surface area contributed by atoms with Crippen LogP contribution in [0.3, 0.4) is 0 Å². The van der Waals surface area contributed by atoms with Crippen LogP contribution < -0.4 is 18.9 Å². The molecule has 2 aromatic carbocycles. The standard InChI is InChI=1S/C21H26O6.C3H2N4O/c1-13-16(12-15-8-6-7-14(11-15)9-10-17(22)23)19(25-3)21(27-5)20(26-4)18(13)24-2;4-6-1-3(8)2-7-5/h6-8,11H,9-10,12H2,1-5H3,(H,22,23);1-2H. The van der Waals surface area contributed by atoms with Crippen LogP contribution in [0.5, 0.6) is 23.0 Å². The highest BCUT2D eigenvalue weighted by Gasteiger charge is 2.25. The zero-order valence-electron chi connectivity index (χ0n) is 20.3. The van der Waals surface area contributed by atoms with E-state index in [0.29, 0.717) is 48.3 Å². The lowest BCUT2D eigenvalue weighted by Gasteiger charge is -2.21. The Kier molecular flexibility index (Phi) is 12.0. The highest BCUT2D eigenvalue weighted by Crippen LogP contribution is 2.49. The minimum absolute atomic E-state index is 0.107. The van der Waals surface area contributed by atoms with Crippen LogP contribution in [0.2, 0.25) is 0 Å². The number of nitrogens with zero attached hydrogens (tertiary/aromatic N) is 4. The number of aryl methyl sites for hydroxylation is 1. The molecule has 0 bridgehead atoms. The number of ether oxygens (including phenoxy) is 4. The Balaban J connectivity index is 0.000000658. The number of methoxy groups -OCH3 is 4. The van der Waals surface area contributed by atoms with Crippen molar-refractivity contribution in [1.82, 2.24) is 0 Å². The van der Waals surface area contributed by atoms with Crippen LogP contribution in [0, 0.1) is 6.92 Å². The summed E-state index contributed by atoms with van der Waals surface area (Å²) in [7, 11) is 6.30. The van der Waals surface area contributed by atoms with Crippen molar-refractivity contribution in [2.45, 2.75) is 26.2 Å². The number of carboxylic acid groups (broad SMARTS) is 1. The molecule has 2 aromatic rings. The highest BCUT2D eigenvalue weighted by molar-refractivity contribution is 6.50. The van der Waals surface area contributed by atoms with Gasteiger partial charge in [-0.15, -0.1) is 0 Å². The van der Waals surface area contributed by atoms with Crippen LogP contribution >= 0.6 is 0 Å². The van der Waals surface area contributed by atoms with Crippen LogP contribution in [-0.4, -0.2) is 67.3 Å². The third-order valence-electron chi connectivity index (χ3n) is 4.87. The second-order valence-corrected chi connectivity index (χ2v) is 7.02. The number of Topliss-reactive ketones (excluding diaryl/α,β-unsaturated/α-hetero) is 1. The van der Waals surface area contributed by atoms with E-state index in [1.165, 1.54) is 0 Å². The predicted octanol–water partition coefficient (Wildman–Crippen LogP) is 2.79. The summed E-state index contributed by atoms with van der Waals surface area (Å²) in [6, 6.07) is 7.90. The van der Waals surface area contributed by atoms with Crippen molar-refractivity contribution < 1.29 is 43.2 Å². The molecule has 1 N–H and O–H groups in total. The summed E-state index contributed by atoms with van der Waals surface area (Å²) in [5.74, 6) is 0.709. The minimum Gasteiger partial charge on any atom is -0.492 e. The molecule has 0 fully saturated rings. The molecule has 0 radical (unpaired) electrons. The number of carboxylic acids is 1. The van der Waals surface area contributed by atoms with Gasteiger partial charge in [-0.3, -0.25) is 9.59 Å². The molecular formula is C24H28N4O7. The third-order valence-corrected chi connectivity index (χ3v) is 4.87. The maximum absolute atomic E-state index is 10.8. The zero-order chi connectivity index (χ0) is 26.4. The molecule has 0 aliphatic carbocycles. The van der Waals surface area contributed by atoms with Gasteiger partial charge in [0.25, 0.3) is 0 Å². The van der Waals surface area contributed by atoms with Gasteiger partial charge in [0.05, 0.1) is 28.4 Å². The molecule has 186 valence electrons. The maximum Gasteiger partial charge on any atom is 0.339 e. The molecule has 0 saturated carbocycles. The Morgan fingerprint density at radius 2 is 1.40 bits per heavy atom. The molecule has 35 heavy (non-hydrogen) atoms. The van der Waals surface area contributed by atoms with Gasteiger partial charge in [-0.25, -0.2) is 0 Å². The number of ketones is 1. The van der Waals surface area contributed by atoms with Crippen molar-refractivity contribution in [2.24, 2.45) is 0 Å². The quantitative estimate of drug-likeness (QED) is 0.291. The second-order valence-electron chi connectivity index (χ2n) is 7.02. The third kappa shape index (κ3) is 8.12. The smallest absolute Gasteiger partial charge is 0.339 e. The number of benzene rings is 2. The van der Waals surface area contributed by atoms with Crippen LogP contribution in [0.4, 0.5) is 0 Å².